The zero-order valence-corrected chi connectivity index (χ0v) is 9.56. The van der Waals surface area contributed by atoms with Crippen molar-refractivity contribution in [3.8, 4) is 0 Å². The Morgan fingerprint density at radius 2 is 1.94 bits per heavy atom. The number of halogens is 3. The highest BCUT2D eigenvalue weighted by Crippen LogP contribution is 2.21. The van der Waals surface area contributed by atoms with Crippen molar-refractivity contribution in [2.75, 3.05) is 5.32 Å². The molecule has 0 bridgehead atoms. The number of nitrogens with zero attached hydrogens (tertiary/aromatic N) is 1. The molecule has 16 heavy (non-hydrogen) atoms. The van der Waals surface area contributed by atoms with Crippen molar-refractivity contribution in [3.05, 3.63) is 52.4 Å². The van der Waals surface area contributed by atoms with Crippen LogP contribution in [-0.2, 0) is 0 Å². The molecule has 0 saturated carbocycles. The van der Waals surface area contributed by atoms with E-state index in [1.54, 1.807) is 18.2 Å². The highest BCUT2D eigenvalue weighted by atomic mass is 35.5. The van der Waals surface area contributed by atoms with E-state index in [-0.39, 0.29) is 5.02 Å². The quantitative estimate of drug-likeness (QED) is 0.868. The first-order valence-corrected chi connectivity index (χ1v) is 5.24. The van der Waals surface area contributed by atoms with E-state index in [1.807, 2.05) is 0 Å². The molecule has 0 aliphatic rings. The molecule has 0 saturated heterocycles. The van der Waals surface area contributed by atoms with Gasteiger partial charge in [-0.2, -0.15) is 0 Å². The molecular weight excluding hydrogens is 250 g/mol. The van der Waals surface area contributed by atoms with Crippen molar-refractivity contribution in [2.45, 2.75) is 0 Å². The highest BCUT2D eigenvalue weighted by Gasteiger charge is 2.01. The van der Waals surface area contributed by atoms with Crippen LogP contribution in [0.25, 0.3) is 0 Å². The van der Waals surface area contributed by atoms with Crippen LogP contribution in [-0.4, -0.2) is 4.98 Å². The summed E-state index contributed by atoms with van der Waals surface area (Å²) in [4.78, 5) is 4.03. The molecule has 82 valence electrons. The number of anilines is 2. The second-order valence-corrected chi connectivity index (χ2v) is 3.96. The average molecular weight is 257 g/mol. The van der Waals surface area contributed by atoms with Crippen LogP contribution in [0.15, 0.2) is 36.5 Å². The van der Waals surface area contributed by atoms with Crippen molar-refractivity contribution >= 4 is 34.7 Å². The summed E-state index contributed by atoms with van der Waals surface area (Å²) in [5, 5.41) is 3.57. The zero-order chi connectivity index (χ0) is 11.5. The summed E-state index contributed by atoms with van der Waals surface area (Å²) in [5.74, 6) is 0.117. The molecule has 2 rings (SSSR count). The van der Waals surface area contributed by atoms with Gasteiger partial charge in [0.25, 0.3) is 0 Å². The maximum absolute atomic E-state index is 13.1. The van der Waals surface area contributed by atoms with E-state index < -0.39 is 5.82 Å². The van der Waals surface area contributed by atoms with E-state index in [2.05, 4.69) is 10.3 Å². The summed E-state index contributed by atoms with van der Waals surface area (Å²) in [5.41, 5.74) is 0.580. The molecule has 0 aliphatic carbocycles. The van der Waals surface area contributed by atoms with Gasteiger partial charge >= 0.3 is 0 Å². The fourth-order valence-electron chi connectivity index (χ4n) is 1.17. The first-order valence-electron chi connectivity index (χ1n) is 4.49. The molecule has 5 heteroatoms. The van der Waals surface area contributed by atoms with Gasteiger partial charge in [0.15, 0.2) is 0 Å². The minimum absolute atomic E-state index is 0.0922. The van der Waals surface area contributed by atoms with Crippen LogP contribution in [0.5, 0.6) is 0 Å². The standard InChI is InChI=1S/C11H7Cl2FN2/c12-7-1-4-11(15-6-7)16-8-2-3-9(13)10(14)5-8/h1-6H,(H,15,16). The second kappa shape index (κ2) is 4.68. The molecule has 2 aromatic rings. The molecule has 1 aromatic heterocycles. The van der Waals surface area contributed by atoms with Gasteiger partial charge < -0.3 is 5.32 Å². The molecule has 0 spiro atoms. The third kappa shape index (κ3) is 2.62. The monoisotopic (exact) mass is 256 g/mol. The molecule has 1 aromatic carbocycles. The Morgan fingerprint density at radius 3 is 2.56 bits per heavy atom. The Bertz CT molecular complexity index is 500. The topological polar surface area (TPSA) is 24.9 Å². The smallest absolute Gasteiger partial charge is 0.143 e. The number of hydrogen-bond donors (Lipinski definition) is 1. The Balaban J connectivity index is 2.20. The van der Waals surface area contributed by atoms with E-state index in [9.17, 15) is 4.39 Å². The fourth-order valence-corrected chi connectivity index (χ4v) is 1.40. The largest absolute Gasteiger partial charge is 0.340 e. The van der Waals surface area contributed by atoms with Crippen molar-refractivity contribution in [3.63, 3.8) is 0 Å². The first-order chi connectivity index (χ1) is 7.65. The third-order valence-corrected chi connectivity index (χ3v) is 2.45. The molecule has 0 unspecified atom stereocenters. The van der Waals surface area contributed by atoms with Crippen LogP contribution in [0.2, 0.25) is 10.0 Å². The second-order valence-electron chi connectivity index (χ2n) is 3.12. The SMILES string of the molecule is Fc1cc(Nc2ccc(Cl)cn2)ccc1Cl. The van der Waals surface area contributed by atoms with Crippen LogP contribution in [0, 0.1) is 5.82 Å². The van der Waals surface area contributed by atoms with Gasteiger partial charge in [0.1, 0.15) is 11.6 Å². The lowest BCUT2D eigenvalue weighted by Gasteiger charge is -2.05. The Morgan fingerprint density at radius 1 is 1.12 bits per heavy atom. The van der Waals surface area contributed by atoms with Crippen LogP contribution in [0.3, 0.4) is 0 Å². The lowest BCUT2D eigenvalue weighted by Crippen LogP contribution is -1.93. The molecule has 2 nitrogen and oxygen atoms in total. The number of rotatable bonds is 2. The number of benzene rings is 1. The van der Waals surface area contributed by atoms with Crippen LogP contribution in [0.4, 0.5) is 15.9 Å². The summed E-state index contributed by atoms with van der Waals surface area (Å²) in [7, 11) is 0. The molecule has 1 heterocycles. The molecule has 1 N–H and O–H groups in total. The number of nitrogens with one attached hydrogen (secondary N) is 1. The van der Waals surface area contributed by atoms with Gasteiger partial charge in [0.2, 0.25) is 0 Å². The molecule has 0 atom stereocenters. The minimum Gasteiger partial charge on any atom is -0.340 e. The van der Waals surface area contributed by atoms with Crippen molar-refractivity contribution in [2.24, 2.45) is 0 Å². The maximum atomic E-state index is 13.1. The Labute approximate surface area is 102 Å². The Kier molecular flexibility index (Phi) is 3.27. The van der Waals surface area contributed by atoms with E-state index in [0.29, 0.717) is 16.5 Å². The summed E-state index contributed by atoms with van der Waals surface area (Å²) in [6.45, 7) is 0. The van der Waals surface area contributed by atoms with Gasteiger partial charge in [0.05, 0.1) is 10.0 Å². The molecule has 0 fully saturated rings. The van der Waals surface area contributed by atoms with Gasteiger partial charge in [-0.25, -0.2) is 9.37 Å². The summed E-state index contributed by atoms with van der Waals surface area (Å²) in [6.07, 6.45) is 1.51. The van der Waals surface area contributed by atoms with Crippen molar-refractivity contribution in [1.29, 1.82) is 0 Å². The Hall–Kier alpha value is -1.32. The predicted molar refractivity (Wildman–Crippen MR) is 63.9 cm³/mol. The first kappa shape index (κ1) is 11.2. The van der Waals surface area contributed by atoms with Crippen molar-refractivity contribution < 1.29 is 4.39 Å². The summed E-state index contributed by atoms with van der Waals surface area (Å²) < 4.78 is 13.1. The van der Waals surface area contributed by atoms with Crippen LogP contribution in [0.1, 0.15) is 0 Å². The van der Waals surface area contributed by atoms with Gasteiger partial charge in [-0.05, 0) is 30.3 Å². The van der Waals surface area contributed by atoms with E-state index in [1.165, 1.54) is 18.3 Å². The molecule has 0 aliphatic heterocycles. The lowest BCUT2D eigenvalue weighted by molar-refractivity contribution is 0.629. The fraction of sp³-hybridized carbons (Fsp3) is 0. The van der Waals surface area contributed by atoms with Gasteiger partial charge in [0, 0.05) is 11.9 Å². The minimum atomic E-state index is -0.472. The number of hydrogen-bond acceptors (Lipinski definition) is 2. The molecular formula is C11H7Cl2FN2. The summed E-state index contributed by atoms with van der Waals surface area (Å²) in [6, 6.07) is 7.85. The average Bonchev–Trinajstić information content (AvgIpc) is 2.27. The normalized spacial score (nSPS) is 10.2. The lowest BCUT2D eigenvalue weighted by atomic mass is 10.3. The molecule has 0 radical (unpaired) electrons. The zero-order valence-electron chi connectivity index (χ0n) is 8.05. The van der Waals surface area contributed by atoms with Crippen molar-refractivity contribution in [1.82, 2.24) is 4.98 Å². The van der Waals surface area contributed by atoms with Gasteiger partial charge in [-0.3, -0.25) is 0 Å². The van der Waals surface area contributed by atoms with E-state index >= 15 is 0 Å². The predicted octanol–water partition coefficient (Wildman–Crippen LogP) is 4.27. The summed E-state index contributed by atoms with van der Waals surface area (Å²) >= 11 is 11.3. The van der Waals surface area contributed by atoms with Gasteiger partial charge in [-0.15, -0.1) is 0 Å². The highest BCUT2D eigenvalue weighted by molar-refractivity contribution is 6.31. The maximum Gasteiger partial charge on any atom is 0.143 e. The van der Waals surface area contributed by atoms with E-state index in [4.69, 9.17) is 23.2 Å². The van der Waals surface area contributed by atoms with Crippen LogP contribution < -0.4 is 5.32 Å². The van der Waals surface area contributed by atoms with Gasteiger partial charge in [-0.1, -0.05) is 23.2 Å². The molecule has 0 amide bonds. The third-order valence-electron chi connectivity index (χ3n) is 1.92. The number of aromatic nitrogens is 1. The number of pyridine rings is 1. The van der Waals surface area contributed by atoms with E-state index in [0.717, 1.165) is 0 Å². The van der Waals surface area contributed by atoms with Crippen LogP contribution >= 0.6 is 23.2 Å².